The molecule has 0 rings (SSSR count). The average Bonchev–Trinajstić information content (AvgIpc) is 2.31. The number of carbonyl (C=O) groups excluding carboxylic acids is 2. The Balaban J connectivity index is 4.33. The molecule has 0 saturated carbocycles. The van der Waals surface area contributed by atoms with Crippen LogP contribution >= 0.6 is 0 Å². The van der Waals surface area contributed by atoms with Crippen molar-refractivity contribution in [2.75, 3.05) is 6.61 Å². The fourth-order valence-electron chi connectivity index (χ4n) is 1.18. The van der Waals surface area contributed by atoms with Crippen molar-refractivity contribution in [2.45, 2.75) is 32.5 Å². The highest BCUT2D eigenvalue weighted by Crippen LogP contribution is 2.08. The summed E-state index contributed by atoms with van der Waals surface area (Å²) in [6, 6.07) is 0. The zero-order chi connectivity index (χ0) is 13.4. The van der Waals surface area contributed by atoms with E-state index in [0.717, 1.165) is 0 Å². The summed E-state index contributed by atoms with van der Waals surface area (Å²) in [5.74, 6) is 7.29. The van der Waals surface area contributed by atoms with Gasteiger partial charge in [-0.3, -0.25) is 20.4 Å². The number of hydrazine groups is 2. The van der Waals surface area contributed by atoms with Gasteiger partial charge in [-0.15, -0.1) is 0 Å². The molecule has 8 heteroatoms. The maximum absolute atomic E-state index is 11.3. The maximum atomic E-state index is 11.3. The number of nitrogens with two attached hydrogens (primary N) is 2. The molecule has 0 bridgehead atoms. The van der Waals surface area contributed by atoms with E-state index in [4.69, 9.17) is 16.4 Å². The second-order valence-electron chi connectivity index (χ2n) is 3.84. The van der Waals surface area contributed by atoms with E-state index < -0.39 is 23.8 Å². The first-order chi connectivity index (χ1) is 7.92. The van der Waals surface area contributed by atoms with Crippen molar-refractivity contribution < 1.29 is 19.4 Å². The van der Waals surface area contributed by atoms with Crippen molar-refractivity contribution in [1.29, 1.82) is 0 Å². The van der Waals surface area contributed by atoms with Crippen molar-refractivity contribution in [3.05, 3.63) is 0 Å². The van der Waals surface area contributed by atoms with Crippen LogP contribution in [0.1, 0.15) is 20.3 Å². The molecule has 0 heterocycles. The van der Waals surface area contributed by atoms with Crippen LogP contribution in [0.2, 0.25) is 0 Å². The molecule has 0 fully saturated rings. The Hall–Kier alpha value is -1.22. The lowest BCUT2D eigenvalue weighted by molar-refractivity contribution is -0.137. The molecule has 2 amide bonds. The molecule has 0 aliphatic rings. The molecule has 0 saturated heterocycles. The summed E-state index contributed by atoms with van der Waals surface area (Å²) in [7, 11) is 0. The van der Waals surface area contributed by atoms with Gasteiger partial charge in [-0.25, -0.2) is 11.7 Å². The van der Waals surface area contributed by atoms with Crippen molar-refractivity contribution in [3.8, 4) is 0 Å². The normalized spacial score (nSPS) is 12.6. The summed E-state index contributed by atoms with van der Waals surface area (Å²) in [4.78, 5) is 22.6. The molecule has 100 valence electrons. The molecule has 0 aliphatic heterocycles. The summed E-state index contributed by atoms with van der Waals surface area (Å²) in [6.45, 7) is 3.65. The van der Waals surface area contributed by atoms with Gasteiger partial charge < -0.3 is 9.84 Å². The Morgan fingerprint density at radius 1 is 1.24 bits per heavy atom. The molecule has 8 nitrogen and oxygen atoms in total. The van der Waals surface area contributed by atoms with Gasteiger partial charge in [-0.05, 0) is 20.3 Å². The second kappa shape index (κ2) is 7.96. The minimum atomic E-state index is -1.14. The van der Waals surface area contributed by atoms with Gasteiger partial charge in [-0.2, -0.15) is 0 Å². The van der Waals surface area contributed by atoms with Crippen molar-refractivity contribution in [2.24, 2.45) is 17.6 Å². The molecular formula is C9H20N4O4. The van der Waals surface area contributed by atoms with E-state index in [-0.39, 0.29) is 19.1 Å². The first-order valence-corrected chi connectivity index (χ1v) is 5.22. The molecular weight excluding hydrogens is 228 g/mol. The largest absolute Gasteiger partial charge is 0.391 e. The van der Waals surface area contributed by atoms with Crippen LogP contribution in [0.15, 0.2) is 0 Å². The van der Waals surface area contributed by atoms with Gasteiger partial charge in [0, 0.05) is 0 Å². The van der Waals surface area contributed by atoms with Crippen LogP contribution in [0.25, 0.3) is 0 Å². The number of nitrogens with one attached hydrogen (secondary N) is 2. The Labute approximate surface area is 99.6 Å². The minimum Gasteiger partial charge on any atom is -0.391 e. The number of rotatable bonds is 7. The molecule has 0 unspecified atom stereocenters. The van der Waals surface area contributed by atoms with Gasteiger partial charge in [0.1, 0.15) is 5.92 Å². The lowest BCUT2D eigenvalue weighted by Gasteiger charge is -2.18. The highest BCUT2D eigenvalue weighted by atomic mass is 16.5. The van der Waals surface area contributed by atoms with Gasteiger partial charge in [0.15, 0.2) is 0 Å². The van der Waals surface area contributed by atoms with E-state index in [1.165, 1.54) is 0 Å². The van der Waals surface area contributed by atoms with Gasteiger partial charge in [0.2, 0.25) is 11.8 Å². The SMILES string of the molecule is CC(C)OC[C@H](O)CC(C(=O)NN)C(=O)NN. The Kier molecular flexibility index (Phi) is 7.39. The van der Waals surface area contributed by atoms with Crippen LogP contribution in [0.4, 0.5) is 0 Å². The van der Waals surface area contributed by atoms with Gasteiger partial charge in [0.05, 0.1) is 18.8 Å². The molecule has 7 N–H and O–H groups in total. The highest BCUT2D eigenvalue weighted by Gasteiger charge is 2.28. The lowest BCUT2D eigenvalue weighted by atomic mass is 10.0. The van der Waals surface area contributed by atoms with Crippen LogP contribution in [-0.4, -0.2) is 35.7 Å². The molecule has 0 aromatic carbocycles. The van der Waals surface area contributed by atoms with E-state index in [1.807, 2.05) is 24.7 Å². The number of carbonyl (C=O) groups is 2. The number of amides is 2. The van der Waals surface area contributed by atoms with E-state index in [0.29, 0.717) is 0 Å². The first-order valence-electron chi connectivity index (χ1n) is 5.22. The van der Waals surface area contributed by atoms with Gasteiger partial charge in [0.25, 0.3) is 0 Å². The second-order valence-corrected chi connectivity index (χ2v) is 3.84. The van der Waals surface area contributed by atoms with E-state index in [9.17, 15) is 14.7 Å². The molecule has 0 aliphatic carbocycles. The van der Waals surface area contributed by atoms with E-state index in [1.54, 1.807) is 0 Å². The number of hydrogen-bond acceptors (Lipinski definition) is 6. The molecule has 1 atom stereocenters. The molecule has 0 aromatic rings. The van der Waals surface area contributed by atoms with Gasteiger partial charge in [-0.1, -0.05) is 0 Å². The summed E-state index contributed by atoms with van der Waals surface area (Å²) < 4.78 is 5.16. The summed E-state index contributed by atoms with van der Waals surface area (Å²) in [5.41, 5.74) is 3.69. The predicted molar refractivity (Wildman–Crippen MR) is 59.9 cm³/mol. The number of aliphatic hydroxyl groups excluding tert-OH is 1. The fourth-order valence-corrected chi connectivity index (χ4v) is 1.18. The monoisotopic (exact) mass is 248 g/mol. The Morgan fingerprint density at radius 3 is 2.06 bits per heavy atom. The van der Waals surface area contributed by atoms with Crippen molar-refractivity contribution in [3.63, 3.8) is 0 Å². The molecule has 0 aromatic heterocycles. The third-order valence-corrected chi connectivity index (χ3v) is 2.05. The highest BCUT2D eigenvalue weighted by molar-refractivity contribution is 5.99. The van der Waals surface area contributed by atoms with Crippen LogP contribution in [0, 0.1) is 5.92 Å². The molecule has 0 radical (unpaired) electrons. The minimum absolute atomic E-state index is 0.0316. The van der Waals surface area contributed by atoms with Crippen LogP contribution in [0.5, 0.6) is 0 Å². The van der Waals surface area contributed by atoms with Crippen LogP contribution in [0.3, 0.4) is 0 Å². The zero-order valence-electron chi connectivity index (χ0n) is 9.97. The molecule has 0 spiro atoms. The van der Waals surface area contributed by atoms with Crippen molar-refractivity contribution in [1.82, 2.24) is 10.9 Å². The standard InChI is InChI=1S/C9H20N4O4/c1-5(2)17-4-6(14)3-7(8(15)12-10)9(16)13-11/h5-7,14H,3-4,10-11H2,1-2H3,(H,12,15)(H,13,16)/t6-/m1/s1. The number of ether oxygens (including phenoxy) is 1. The first kappa shape index (κ1) is 15.8. The summed E-state index contributed by atoms with van der Waals surface area (Å²) >= 11 is 0. The quantitative estimate of drug-likeness (QED) is 0.149. The molecule has 17 heavy (non-hydrogen) atoms. The predicted octanol–water partition coefficient (Wildman–Crippen LogP) is -2.24. The third-order valence-electron chi connectivity index (χ3n) is 2.05. The van der Waals surface area contributed by atoms with Crippen LogP contribution < -0.4 is 22.5 Å². The number of hydrogen-bond donors (Lipinski definition) is 5. The summed E-state index contributed by atoms with van der Waals surface area (Å²) in [5, 5.41) is 9.59. The van der Waals surface area contributed by atoms with Crippen molar-refractivity contribution >= 4 is 11.8 Å². The van der Waals surface area contributed by atoms with Gasteiger partial charge >= 0.3 is 0 Å². The zero-order valence-corrected chi connectivity index (χ0v) is 9.97. The number of aliphatic hydroxyl groups is 1. The van der Waals surface area contributed by atoms with E-state index in [2.05, 4.69) is 0 Å². The summed E-state index contributed by atoms with van der Waals surface area (Å²) in [6.07, 6.45) is -1.11. The topological polar surface area (TPSA) is 140 Å². The average molecular weight is 248 g/mol. The Bertz CT molecular complexity index is 243. The smallest absolute Gasteiger partial charge is 0.246 e. The fraction of sp³-hybridized carbons (Fsp3) is 0.778. The maximum Gasteiger partial charge on any atom is 0.246 e. The third kappa shape index (κ3) is 6.17. The lowest BCUT2D eigenvalue weighted by Crippen LogP contribution is -2.47. The van der Waals surface area contributed by atoms with Crippen LogP contribution in [-0.2, 0) is 14.3 Å². The Morgan fingerprint density at radius 2 is 1.71 bits per heavy atom. The van der Waals surface area contributed by atoms with E-state index >= 15 is 0 Å².